The van der Waals surface area contributed by atoms with Crippen molar-refractivity contribution in [3.05, 3.63) is 24.0 Å². The number of aromatic amines is 1. The first-order valence-corrected chi connectivity index (χ1v) is 7.24. The lowest BCUT2D eigenvalue weighted by Gasteiger charge is -2.23. The third kappa shape index (κ3) is 4.45. The number of hydrogen-bond donors (Lipinski definition) is 1. The summed E-state index contributed by atoms with van der Waals surface area (Å²) in [6.07, 6.45) is 1.97. The molecule has 1 aromatic heterocycles. The van der Waals surface area contributed by atoms with E-state index in [9.17, 15) is 13.2 Å². The van der Waals surface area contributed by atoms with Gasteiger partial charge in [0.2, 0.25) is 0 Å². The van der Waals surface area contributed by atoms with E-state index in [0.29, 0.717) is 0 Å². The summed E-state index contributed by atoms with van der Waals surface area (Å²) in [6.45, 7) is 3.17. The summed E-state index contributed by atoms with van der Waals surface area (Å²) in [5.41, 5.74) is -0.0673. The summed E-state index contributed by atoms with van der Waals surface area (Å²) in [5.74, 6) is -0.0797. The van der Waals surface area contributed by atoms with Crippen LogP contribution in [0.4, 0.5) is 0 Å². The van der Waals surface area contributed by atoms with E-state index in [1.54, 1.807) is 20.0 Å². The topological polar surface area (TPSA) is 79.5 Å². The van der Waals surface area contributed by atoms with E-state index in [1.807, 2.05) is 12.1 Å². The van der Waals surface area contributed by atoms with Crippen LogP contribution < -0.4 is 0 Å². The Labute approximate surface area is 114 Å². The fourth-order valence-corrected chi connectivity index (χ4v) is 1.95. The van der Waals surface area contributed by atoms with Crippen molar-refractivity contribution in [2.45, 2.75) is 20.3 Å². The van der Waals surface area contributed by atoms with E-state index in [2.05, 4.69) is 4.98 Å². The first-order valence-electron chi connectivity index (χ1n) is 5.87. The van der Waals surface area contributed by atoms with Crippen molar-refractivity contribution < 1.29 is 17.4 Å². The molecule has 0 spiro atoms. The molecule has 0 radical (unpaired) electrons. The molecule has 0 unspecified atom stereocenters. The van der Waals surface area contributed by atoms with Crippen LogP contribution in [0.1, 0.15) is 19.5 Å². The lowest BCUT2D eigenvalue weighted by atomic mass is 9.87. The Hall–Kier alpha value is -1.18. The van der Waals surface area contributed by atoms with Crippen molar-refractivity contribution >= 4 is 16.1 Å². The molecule has 0 aliphatic heterocycles. The predicted octanol–water partition coefficient (Wildman–Crippen LogP) is 0.975. The monoisotopic (exact) mass is 288 g/mol. The molecule has 1 rings (SSSR count). The van der Waals surface area contributed by atoms with Crippen LogP contribution in [0.3, 0.4) is 0 Å². The molecule has 0 atom stereocenters. The SMILES string of the molecule is CN(C)S(=O)(=O)OCC(C)(C)C(=O)Cc1ccc[nH]1. The van der Waals surface area contributed by atoms with Gasteiger partial charge in [0.1, 0.15) is 5.78 Å². The van der Waals surface area contributed by atoms with Crippen molar-refractivity contribution in [2.24, 2.45) is 5.41 Å². The van der Waals surface area contributed by atoms with Gasteiger partial charge in [-0.05, 0) is 12.1 Å². The van der Waals surface area contributed by atoms with E-state index < -0.39 is 15.7 Å². The van der Waals surface area contributed by atoms with Crippen LogP contribution in [0.15, 0.2) is 18.3 Å². The van der Waals surface area contributed by atoms with E-state index in [-0.39, 0.29) is 18.8 Å². The lowest BCUT2D eigenvalue weighted by molar-refractivity contribution is -0.127. The van der Waals surface area contributed by atoms with E-state index in [4.69, 9.17) is 4.18 Å². The highest BCUT2D eigenvalue weighted by molar-refractivity contribution is 7.84. The number of carbonyl (C=O) groups is 1. The minimum absolute atomic E-state index is 0.0797. The largest absolute Gasteiger partial charge is 0.365 e. The standard InChI is InChI=1S/C12H20N2O4S/c1-12(2,9-18-19(16,17)14(3)4)11(15)8-10-6-5-7-13-10/h5-7,13H,8-9H2,1-4H3. The van der Waals surface area contributed by atoms with Gasteiger partial charge in [-0.3, -0.25) is 8.98 Å². The first-order chi connectivity index (χ1) is 8.65. The molecule has 19 heavy (non-hydrogen) atoms. The second kappa shape index (κ2) is 5.85. The van der Waals surface area contributed by atoms with Crippen LogP contribution in [-0.4, -0.2) is 44.2 Å². The molecule has 0 saturated heterocycles. The second-order valence-electron chi connectivity index (χ2n) is 5.18. The highest BCUT2D eigenvalue weighted by Crippen LogP contribution is 2.20. The van der Waals surface area contributed by atoms with Crippen molar-refractivity contribution in [3.63, 3.8) is 0 Å². The fourth-order valence-electron chi connectivity index (χ4n) is 1.30. The van der Waals surface area contributed by atoms with Crippen LogP contribution in [0.25, 0.3) is 0 Å². The molecule has 0 aliphatic rings. The van der Waals surface area contributed by atoms with Crippen LogP contribution in [0, 0.1) is 5.41 Å². The van der Waals surface area contributed by atoms with Gasteiger partial charge >= 0.3 is 10.3 Å². The van der Waals surface area contributed by atoms with Crippen LogP contribution in [0.2, 0.25) is 0 Å². The van der Waals surface area contributed by atoms with Crippen molar-refractivity contribution in [2.75, 3.05) is 20.7 Å². The van der Waals surface area contributed by atoms with Gasteiger partial charge in [0.15, 0.2) is 0 Å². The normalized spacial score (nSPS) is 12.9. The Morgan fingerprint density at radius 2 is 2.05 bits per heavy atom. The van der Waals surface area contributed by atoms with E-state index >= 15 is 0 Å². The van der Waals surface area contributed by atoms with Crippen molar-refractivity contribution in [1.82, 2.24) is 9.29 Å². The summed E-state index contributed by atoms with van der Waals surface area (Å²) in [6, 6.07) is 3.62. The van der Waals surface area contributed by atoms with Gasteiger partial charge < -0.3 is 4.98 Å². The molecule has 1 aromatic rings. The first kappa shape index (κ1) is 15.9. The Balaban J connectivity index is 2.63. The lowest BCUT2D eigenvalue weighted by Crippen LogP contribution is -2.35. The number of nitrogens with zero attached hydrogens (tertiary/aromatic N) is 1. The highest BCUT2D eigenvalue weighted by atomic mass is 32.2. The fraction of sp³-hybridized carbons (Fsp3) is 0.583. The molecule has 0 fully saturated rings. The average molecular weight is 288 g/mol. The Morgan fingerprint density at radius 3 is 2.53 bits per heavy atom. The zero-order chi connectivity index (χ0) is 14.7. The molecular formula is C12H20N2O4S. The van der Waals surface area contributed by atoms with Gasteiger partial charge in [-0.25, -0.2) is 0 Å². The number of ketones is 1. The van der Waals surface area contributed by atoms with Gasteiger partial charge in [-0.1, -0.05) is 13.8 Å². The van der Waals surface area contributed by atoms with Gasteiger partial charge in [0.25, 0.3) is 0 Å². The number of nitrogens with one attached hydrogen (secondary N) is 1. The maximum atomic E-state index is 12.1. The van der Waals surface area contributed by atoms with Gasteiger partial charge in [0.05, 0.1) is 6.61 Å². The quantitative estimate of drug-likeness (QED) is 0.811. The van der Waals surface area contributed by atoms with Gasteiger partial charge in [-0.15, -0.1) is 0 Å². The molecule has 108 valence electrons. The molecule has 0 amide bonds. The Kier molecular flexibility index (Phi) is 4.89. The van der Waals surface area contributed by atoms with Crippen molar-refractivity contribution in [1.29, 1.82) is 0 Å². The van der Waals surface area contributed by atoms with Gasteiger partial charge in [-0.2, -0.15) is 12.7 Å². The van der Waals surface area contributed by atoms with Crippen LogP contribution in [0.5, 0.6) is 0 Å². The molecule has 6 nitrogen and oxygen atoms in total. The number of rotatable bonds is 7. The number of carbonyl (C=O) groups excluding carboxylic acids is 1. The highest BCUT2D eigenvalue weighted by Gasteiger charge is 2.30. The van der Waals surface area contributed by atoms with E-state index in [0.717, 1.165) is 10.00 Å². The maximum Gasteiger partial charge on any atom is 0.337 e. The van der Waals surface area contributed by atoms with Crippen molar-refractivity contribution in [3.8, 4) is 0 Å². The summed E-state index contributed by atoms with van der Waals surface area (Å²) in [5, 5.41) is 0. The predicted molar refractivity (Wildman–Crippen MR) is 71.8 cm³/mol. The van der Waals surface area contributed by atoms with E-state index in [1.165, 1.54) is 14.1 Å². The van der Waals surface area contributed by atoms with Gasteiger partial charge in [0, 0.05) is 37.8 Å². The molecule has 7 heteroatoms. The third-order valence-electron chi connectivity index (χ3n) is 2.78. The summed E-state index contributed by atoms with van der Waals surface area (Å²) in [7, 11) is -0.998. The number of Topliss-reactive ketones (excluding diaryl/α,β-unsaturated/α-hetero) is 1. The molecule has 1 N–H and O–H groups in total. The average Bonchev–Trinajstić information content (AvgIpc) is 2.79. The second-order valence-corrected chi connectivity index (χ2v) is 7.00. The Bertz CT molecular complexity index is 518. The third-order valence-corrected chi connectivity index (χ3v) is 4.09. The molecular weight excluding hydrogens is 268 g/mol. The smallest absolute Gasteiger partial charge is 0.337 e. The molecule has 0 aliphatic carbocycles. The number of H-pyrrole nitrogens is 1. The summed E-state index contributed by atoms with van der Waals surface area (Å²) in [4.78, 5) is 15.1. The molecule has 0 aromatic carbocycles. The maximum absolute atomic E-state index is 12.1. The molecule has 0 bridgehead atoms. The number of hydrogen-bond acceptors (Lipinski definition) is 4. The summed E-state index contributed by atoms with van der Waals surface area (Å²) < 4.78 is 28.8. The molecule has 1 heterocycles. The Morgan fingerprint density at radius 1 is 1.42 bits per heavy atom. The molecule has 0 saturated carbocycles. The minimum Gasteiger partial charge on any atom is -0.365 e. The zero-order valence-electron chi connectivity index (χ0n) is 11.6. The number of aromatic nitrogens is 1. The minimum atomic E-state index is -3.75. The van der Waals surface area contributed by atoms with Crippen LogP contribution in [-0.2, 0) is 25.7 Å². The van der Waals surface area contributed by atoms with Crippen LogP contribution >= 0.6 is 0 Å². The zero-order valence-corrected chi connectivity index (χ0v) is 12.5. The summed E-state index contributed by atoms with van der Waals surface area (Å²) >= 11 is 0.